The number of carbonyl (C=O) groups is 5. The zero-order valence-electron chi connectivity index (χ0n) is 61.3. The molecule has 0 spiro atoms. The molecule has 2 aliphatic heterocycles. The molecule has 0 atom stereocenters. The van der Waals surface area contributed by atoms with Gasteiger partial charge in [-0.25, -0.2) is 48.7 Å². The van der Waals surface area contributed by atoms with Crippen LogP contribution in [0.2, 0.25) is 0 Å². The minimum absolute atomic E-state index is 0.0989. The summed E-state index contributed by atoms with van der Waals surface area (Å²) < 4.78 is 32.7. The maximum absolute atomic E-state index is 14.7. The lowest BCUT2D eigenvalue weighted by molar-refractivity contribution is -0.138. The van der Waals surface area contributed by atoms with Crippen LogP contribution >= 0.6 is 22.6 Å². The predicted octanol–water partition coefficient (Wildman–Crippen LogP) is 12.8. The highest BCUT2D eigenvalue weighted by molar-refractivity contribution is 14.1. The lowest BCUT2D eigenvalue weighted by Crippen LogP contribution is -2.52. The second-order valence-corrected chi connectivity index (χ2v) is 27.2. The highest BCUT2D eigenvalue weighted by Gasteiger charge is 2.27. The quantitative estimate of drug-likeness (QED) is 0.0323. The Kier molecular flexibility index (Phi) is 23.8. The van der Waals surface area contributed by atoms with Gasteiger partial charge in [-0.1, -0.05) is 18.2 Å². The second kappa shape index (κ2) is 34.6. The molecule has 3 aromatic carbocycles. The first-order valence-corrected chi connectivity index (χ1v) is 36.6. The predicted molar refractivity (Wildman–Crippen MR) is 421 cm³/mol. The van der Waals surface area contributed by atoms with Crippen LogP contribution in [0.1, 0.15) is 57.5 Å². The molecule has 0 aliphatic carbocycles. The van der Waals surface area contributed by atoms with E-state index in [4.69, 9.17) is 19.2 Å². The third-order valence-electron chi connectivity index (χ3n) is 18.1. The Morgan fingerprint density at radius 2 is 1.00 bits per heavy atom. The highest BCUT2D eigenvalue weighted by atomic mass is 127. The van der Waals surface area contributed by atoms with Gasteiger partial charge in [-0.05, 0) is 166 Å². The fraction of sp³-hybridized carbons (Fsp3) is 0.256. The maximum Gasteiger partial charge on any atom is 0.413 e. The Bertz CT molecular complexity index is 5450. The van der Waals surface area contributed by atoms with Crippen LogP contribution in [0.15, 0.2) is 159 Å². The van der Waals surface area contributed by atoms with E-state index in [0.29, 0.717) is 78.7 Å². The molecular formula is C78H78FIN22O8. The van der Waals surface area contributed by atoms with Crippen LogP contribution in [0.4, 0.5) is 36.6 Å². The molecule has 110 heavy (non-hydrogen) atoms. The zero-order chi connectivity index (χ0) is 77.0. The first-order valence-electron chi connectivity index (χ1n) is 35.6. The summed E-state index contributed by atoms with van der Waals surface area (Å²) in [6, 6.07) is 32.3. The number of nitrogens with zero attached hydrogens (tertiary/aromatic N) is 16. The van der Waals surface area contributed by atoms with Gasteiger partial charge < -0.3 is 43.5 Å². The van der Waals surface area contributed by atoms with Crippen molar-refractivity contribution in [2.75, 3.05) is 82.1 Å². The van der Waals surface area contributed by atoms with Gasteiger partial charge in [0, 0.05) is 145 Å². The summed E-state index contributed by atoms with van der Waals surface area (Å²) in [6.45, 7) is 17.7. The molecule has 0 radical (unpaired) electrons. The lowest BCUT2D eigenvalue weighted by atomic mass is 10.0. The minimum atomic E-state index is -0.644. The average molecular weight is 1600 g/mol. The van der Waals surface area contributed by atoms with Crippen LogP contribution in [0.5, 0.6) is 0 Å². The van der Waals surface area contributed by atoms with Crippen LogP contribution in [0.3, 0.4) is 0 Å². The van der Waals surface area contributed by atoms with E-state index < -0.39 is 24.1 Å². The standard InChI is InChI=1S/C28H30IN7O3.C26H26FN7O3.C24H22N8O2/c1-4-39-28(38)34-27-32-24-12-19(11-22(26(24)33-27)23-8-6-20(29)14-31-23)18-5-7-21(30-13-18)15-35-9-10-36(17(2)3)25(37)16-35;1-3-37-26(36)32-25-30-21-12-17(11-19(24(21)31-25)23-20(27)5-4-8-28-23)16-6-7-18(29-13-16)14-34-10-9-33(2)22(35)15-34;1-3-34-24(33)31-23-29-20-12-17(11-19(21(20)30-23)22-26-7-4-8-27-22)16-5-6-18(28-13-16)14-32-10-9-25-15(32)2/h5-8,11-14,17H,4,9-10,15-16H2,1-3H3,(H2,32,33,34,38);4-8,11-13H,3,9-10,14-15H2,1-2H3,(H2,30,31,32,36);4-13H,3,14H2,1-2H3,(H2,29,30,31,33). The molecular weight excluding hydrogens is 1520 g/mol. The van der Waals surface area contributed by atoms with Gasteiger partial charge in [0.25, 0.3) is 0 Å². The van der Waals surface area contributed by atoms with Gasteiger partial charge in [-0.2, -0.15) is 0 Å². The van der Waals surface area contributed by atoms with E-state index >= 15 is 0 Å². The molecule has 0 unspecified atom stereocenters. The number of ether oxygens (including phenoxy) is 3. The van der Waals surface area contributed by atoms with Gasteiger partial charge >= 0.3 is 18.3 Å². The number of pyridine rings is 5. The summed E-state index contributed by atoms with van der Waals surface area (Å²) in [5.74, 6) is 2.01. The van der Waals surface area contributed by atoms with Gasteiger partial charge in [0.05, 0.1) is 84.3 Å². The number of aromatic amines is 3. The number of piperazine rings is 2. The fourth-order valence-corrected chi connectivity index (χ4v) is 12.9. The number of likely N-dealkylation sites (N-methyl/N-ethyl adjacent to an activating group) is 1. The highest BCUT2D eigenvalue weighted by Crippen LogP contribution is 2.37. The molecule has 562 valence electrons. The van der Waals surface area contributed by atoms with E-state index in [9.17, 15) is 28.4 Å². The topological polar surface area (TPSA) is 356 Å². The summed E-state index contributed by atoms with van der Waals surface area (Å²) in [5.41, 5.74) is 14.8. The smallest absolute Gasteiger partial charge is 0.413 e. The largest absolute Gasteiger partial charge is 0.450 e. The molecule has 0 bridgehead atoms. The Hall–Kier alpha value is -12.6. The Morgan fingerprint density at radius 1 is 0.518 bits per heavy atom. The number of aromatic nitrogens is 15. The normalized spacial score (nSPS) is 13.3. The average Bonchev–Trinajstić information content (AvgIpc) is 1.58. The van der Waals surface area contributed by atoms with Crippen molar-refractivity contribution in [3.63, 3.8) is 0 Å². The Balaban J connectivity index is 0.000000145. The van der Waals surface area contributed by atoms with Crippen LogP contribution in [-0.2, 0) is 43.4 Å². The van der Waals surface area contributed by atoms with Crippen LogP contribution in [-0.4, -0.2) is 196 Å². The summed E-state index contributed by atoms with van der Waals surface area (Å²) in [4.78, 5) is 127. The van der Waals surface area contributed by atoms with Gasteiger partial charge in [-0.3, -0.25) is 60.3 Å². The van der Waals surface area contributed by atoms with Gasteiger partial charge in [0.2, 0.25) is 29.7 Å². The van der Waals surface area contributed by atoms with Crippen molar-refractivity contribution in [3.8, 4) is 67.3 Å². The van der Waals surface area contributed by atoms with Crippen molar-refractivity contribution in [3.05, 3.63) is 191 Å². The molecule has 2 aliphatic rings. The van der Waals surface area contributed by atoms with Crippen molar-refractivity contribution in [1.82, 2.24) is 93.9 Å². The van der Waals surface area contributed by atoms with E-state index in [1.807, 2.05) is 135 Å². The first-order chi connectivity index (χ1) is 53.3. The van der Waals surface area contributed by atoms with Crippen molar-refractivity contribution >= 4 is 104 Å². The number of aryl methyl sites for hydroxylation is 1. The molecule has 13 aromatic rings. The Morgan fingerprint density at radius 3 is 1.45 bits per heavy atom. The van der Waals surface area contributed by atoms with E-state index in [0.717, 1.165) is 107 Å². The van der Waals surface area contributed by atoms with E-state index in [1.54, 1.807) is 68.8 Å². The molecule has 0 saturated carbocycles. The van der Waals surface area contributed by atoms with E-state index in [-0.39, 0.29) is 55.3 Å². The molecule has 15 rings (SSSR count). The van der Waals surface area contributed by atoms with Crippen molar-refractivity contribution in [2.45, 2.75) is 67.2 Å². The number of carbonyl (C=O) groups excluding carboxylic acids is 5. The molecule has 32 heteroatoms. The molecule has 5 amide bonds. The Labute approximate surface area is 644 Å². The number of imidazole rings is 4. The van der Waals surface area contributed by atoms with Gasteiger partial charge in [-0.15, -0.1) is 0 Å². The molecule has 30 nitrogen and oxygen atoms in total. The molecule has 12 heterocycles. The number of rotatable bonds is 19. The number of amides is 5. The summed E-state index contributed by atoms with van der Waals surface area (Å²) in [5, 5.41) is 7.81. The number of hydrogen-bond donors (Lipinski definition) is 6. The van der Waals surface area contributed by atoms with Crippen molar-refractivity contribution in [2.24, 2.45) is 0 Å². The third-order valence-corrected chi connectivity index (χ3v) is 18.7. The third kappa shape index (κ3) is 18.3. The van der Waals surface area contributed by atoms with E-state index in [2.05, 4.69) is 113 Å². The zero-order valence-corrected chi connectivity index (χ0v) is 63.4. The van der Waals surface area contributed by atoms with Crippen LogP contribution in [0.25, 0.3) is 100 Å². The number of halogens is 2. The van der Waals surface area contributed by atoms with Gasteiger partial charge in [0.1, 0.15) is 28.4 Å². The number of benzene rings is 3. The summed E-state index contributed by atoms with van der Waals surface area (Å²) in [7, 11) is 1.81. The summed E-state index contributed by atoms with van der Waals surface area (Å²) in [6.07, 6.45) is 14.0. The number of H-pyrrole nitrogens is 3. The number of anilines is 3. The minimum Gasteiger partial charge on any atom is -0.450 e. The molecule has 2 fully saturated rings. The number of fused-ring (bicyclic) bond motifs is 3. The monoisotopic (exact) mass is 1600 g/mol. The molecule has 2 saturated heterocycles. The maximum atomic E-state index is 14.7. The fourth-order valence-electron chi connectivity index (χ4n) is 12.6. The van der Waals surface area contributed by atoms with Crippen LogP contribution in [0, 0.1) is 16.3 Å². The molecule has 6 N–H and O–H groups in total. The first kappa shape index (κ1) is 75.7. The SMILES string of the molecule is CCOC(=O)Nc1nc2c(-c3ccc(I)cn3)cc(-c3ccc(CN4CCN(C(C)C)C(=O)C4)nc3)cc2[nH]1.CCOC(=O)Nc1nc2c(-c3ncccc3F)cc(-c3ccc(CN4CCN(C)C(=O)C4)nc3)cc2[nH]1.CCOC(=O)Nc1nc2c(-c3ncccn3)cc(-c3ccc(Cn4ccnc4C)nc3)cc2[nH]1. The van der Waals surface area contributed by atoms with Gasteiger partial charge in [0.15, 0.2) is 5.82 Å². The molecule has 10 aromatic heterocycles. The van der Waals surface area contributed by atoms with Crippen molar-refractivity contribution in [1.29, 1.82) is 0 Å². The van der Waals surface area contributed by atoms with Crippen LogP contribution < -0.4 is 16.0 Å². The number of nitrogens with one attached hydrogen (secondary N) is 6. The van der Waals surface area contributed by atoms with E-state index in [1.165, 1.54) is 18.3 Å². The number of hydrogen-bond acceptors (Lipinski definition) is 21. The summed E-state index contributed by atoms with van der Waals surface area (Å²) >= 11 is 2.22. The second-order valence-electron chi connectivity index (χ2n) is 26.0. The van der Waals surface area contributed by atoms with Crippen molar-refractivity contribution < 1.29 is 42.6 Å². The lowest BCUT2D eigenvalue weighted by Gasteiger charge is -2.36.